The highest BCUT2D eigenvalue weighted by molar-refractivity contribution is 5.66. The Kier molecular flexibility index (Phi) is 4.50. The van der Waals surface area contributed by atoms with Gasteiger partial charge in [-0.15, -0.1) is 0 Å². The van der Waals surface area contributed by atoms with Gasteiger partial charge in [-0.1, -0.05) is 13.8 Å². The summed E-state index contributed by atoms with van der Waals surface area (Å²) in [7, 11) is 0. The Morgan fingerprint density at radius 3 is 2.44 bits per heavy atom. The van der Waals surface area contributed by atoms with Gasteiger partial charge in [-0.3, -0.25) is 4.79 Å². The first-order valence-corrected chi connectivity index (χ1v) is 5.44. The van der Waals surface area contributed by atoms with Crippen molar-refractivity contribution in [3.05, 3.63) is 11.6 Å². The van der Waals surface area contributed by atoms with Crippen molar-refractivity contribution in [1.82, 2.24) is 0 Å². The molecule has 0 aliphatic carbocycles. The molecule has 1 rings (SSSR count). The molecule has 0 aromatic heterocycles. The van der Waals surface area contributed by atoms with E-state index < -0.39 is 0 Å². The van der Waals surface area contributed by atoms with Crippen molar-refractivity contribution in [2.75, 3.05) is 19.8 Å². The van der Waals surface area contributed by atoms with Gasteiger partial charge in [-0.25, -0.2) is 0 Å². The molecule has 0 radical (unpaired) electrons. The van der Waals surface area contributed by atoms with Crippen LogP contribution in [0.5, 0.6) is 0 Å². The SMILES string of the molecule is CC(=O)OC/C=C(\C)C1OCC(C)(C)CO1. The molecule has 1 saturated heterocycles. The highest BCUT2D eigenvalue weighted by atomic mass is 16.7. The molecule has 16 heavy (non-hydrogen) atoms. The Bertz CT molecular complexity index is 271. The fraction of sp³-hybridized carbons (Fsp3) is 0.750. The van der Waals surface area contributed by atoms with Crippen molar-refractivity contribution in [2.24, 2.45) is 5.41 Å². The molecule has 0 bridgehead atoms. The zero-order valence-electron chi connectivity index (χ0n) is 10.4. The molecule has 4 nitrogen and oxygen atoms in total. The minimum atomic E-state index is -0.302. The highest BCUT2D eigenvalue weighted by Gasteiger charge is 2.28. The summed E-state index contributed by atoms with van der Waals surface area (Å²) in [5, 5.41) is 0. The van der Waals surface area contributed by atoms with Crippen LogP contribution in [0.25, 0.3) is 0 Å². The van der Waals surface area contributed by atoms with E-state index in [9.17, 15) is 4.79 Å². The van der Waals surface area contributed by atoms with E-state index in [-0.39, 0.29) is 24.3 Å². The third-order valence-electron chi connectivity index (χ3n) is 2.31. The predicted octanol–water partition coefficient (Wildman–Crippen LogP) is 1.89. The maximum absolute atomic E-state index is 10.6. The van der Waals surface area contributed by atoms with Gasteiger partial charge < -0.3 is 14.2 Å². The summed E-state index contributed by atoms with van der Waals surface area (Å²) in [6, 6.07) is 0. The van der Waals surface area contributed by atoms with Crippen LogP contribution >= 0.6 is 0 Å². The third kappa shape index (κ3) is 4.33. The molecule has 4 heteroatoms. The number of hydrogen-bond donors (Lipinski definition) is 0. The average molecular weight is 228 g/mol. The molecule has 92 valence electrons. The number of esters is 1. The van der Waals surface area contributed by atoms with Gasteiger partial charge in [0.15, 0.2) is 6.29 Å². The second kappa shape index (κ2) is 5.46. The zero-order valence-corrected chi connectivity index (χ0v) is 10.4. The van der Waals surface area contributed by atoms with Crippen molar-refractivity contribution < 1.29 is 19.0 Å². The molecule has 1 aliphatic heterocycles. The largest absolute Gasteiger partial charge is 0.462 e. The van der Waals surface area contributed by atoms with E-state index in [1.54, 1.807) is 0 Å². The van der Waals surface area contributed by atoms with E-state index in [1.807, 2.05) is 13.0 Å². The quantitative estimate of drug-likeness (QED) is 0.546. The Morgan fingerprint density at radius 2 is 1.94 bits per heavy atom. The molecule has 0 unspecified atom stereocenters. The van der Waals surface area contributed by atoms with E-state index in [2.05, 4.69) is 13.8 Å². The van der Waals surface area contributed by atoms with Crippen LogP contribution < -0.4 is 0 Å². The van der Waals surface area contributed by atoms with E-state index >= 15 is 0 Å². The van der Waals surface area contributed by atoms with Gasteiger partial charge >= 0.3 is 5.97 Å². The van der Waals surface area contributed by atoms with Crippen molar-refractivity contribution in [3.8, 4) is 0 Å². The summed E-state index contributed by atoms with van der Waals surface area (Å²) in [5.74, 6) is -0.282. The lowest BCUT2D eigenvalue weighted by molar-refractivity contribution is -0.203. The van der Waals surface area contributed by atoms with E-state index in [0.29, 0.717) is 13.2 Å². The number of hydrogen-bond acceptors (Lipinski definition) is 4. The van der Waals surface area contributed by atoms with Crippen LogP contribution in [-0.4, -0.2) is 32.1 Å². The van der Waals surface area contributed by atoms with Gasteiger partial charge in [0, 0.05) is 12.3 Å². The second-order valence-corrected chi connectivity index (χ2v) is 4.87. The normalized spacial score (nSPS) is 21.9. The van der Waals surface area contributed by atoms with Crippen molar-refractivity contribution in [2.45, 2.75) is 34.0 Å². The van der Waals surface area contributed by atoms with Crippen molar-refractivity contribution in [3.63, 3.8) is 0 Å². The lowest BCUT2D eigenvalue weighted by Gasteiger charge is -2.34. The fourth-order valence-corrected chi connectivity index (χ4v) is 1.34. The smallest absolute Gasteiger partial charge is 0.302 e. The minimum Gasteiger partial charge on any atom is -0.462 e. The fourth-order valence-electron chi connectivity index (χ4n) is 1.34. The maximum Gasteiger partial charge on any atom is 0.302 e. The third-order valence-corrected chi connectivity index (χ3v) is 2.31. The average Bonchev–Trinajstić information content (AvgIpc) is 2.16. The molecular weight excluding hydrogens is 208 g/mol. The van der Waals surface area contributed by atoms with Crippen molar-refractivity contribution >= 4 is 5.97 Å². The molecule has 0 N–H and O–H groups in total. The number of rotatable bonds is 3. The Morgan fingerprint density at radius 1 is 1.38 bits per heavy atom. The Labute approximate surface area is 96.6 Å². The first-order chi connectivity index (χ1) is 7.41. The Balaban J connectivity index is 2.38. The molecular formula is C12H20O4. The molecule has 1 fully saturated rings. The number of carbonyl (C=O) groups excluding carboxylic acids is 1. The molecule has 1 aliphatic rings. The zero-order chi connectivity index (χ0) is 12.2. The predicted molar refractivity (Wildman–Crippen MR) is 59.9 cm³/mol. The first-order valence-electron chi connectivity index (χ1n) is 5.44. The van der Waals surface area contributed by atoms with Crippen LogP contribution in [0.1, 0.15) is 27.7 Å². The summed E-state index contributed by atoms with van der Waals surface area (Å²) in [5.41, 5.74) is 1.02. The maximum atomic E-state index is 10.6. The van der Waals surface area contributed by atoms with Gasteiger partial charge in [0.2, 0.25) is 0 Å². The van der Waals surface area contributed by atoms with E-state index in [4.69, 9.17) is 14.2 Å². The molecule has 0 spiro atoms. The number of ether oxygens (including phenoxy) is 3. The summed E-state index contributed by atoms with van der Waals surface area (Å²) in [4.78, 5) is 10.6. The van der Waals surface area contributed by atoms with Gasteiger partial charge in [0.1, 0.15) is 6.61 Å². The molecule has 0 atom stereocenters. The standard InChI is InChI=1S/C12H20O4/c1-9(5-6-14-10(2)13)11-15-7-12(3,4)8-16-11/h5,11H,6-8H2,1-4H3/b9-5+. The highest BCUT2D eigenvalue weighted by Crippen LogP contribution is 2.25. The molecule has 1 heterocycles. The molecule has 0 amide bonds. The summed E-state index contributed by atoms with van der Waals surface area (Å²) < 4.78 is 16.0. The van der Waals surface area contributed by atoms with Crippen LogP contribution in [0, 0.1) is 5.41 Å². The van der Waals surface area contributed by atoms with E-state index in [1.165, 1.54) is 6.92 Å². The van der Waals surface area contributed by atoms with Gasteiger partial charge in [0.25, 0.3) is 0 Å². The lowest BCUT2D eigenvalue weighted by Crippen LogP contribution is -2.38. The summed E-state index contributed by atoms with van der Waals surface area (Å²) in [6.45, 7) is 9.12. The summed E-state index contributed by atoms with van der Waals surface area (Å²) >= 11 is 0. The van der Waals surface area contributed by atoms with Crippen LogP contribution in [0.2, 0.25) is 0 Å². The van der Waals surface area contributed by atoms with Crippen molar-refractivity contribution in [1.29, 1.82) is 0 Å². The van der Waals surface area contributed by atoms with Gasteiger partial charge in [-0.2, -0.15) is 0 Å². The first kappa shape index (κ1) is 13.2. The molecule has 0 saturated carbocycles. The van der Waals surface area contributed by atoms with Gasteiger partial charge in [-0.05, 0) is 18.6 Å². The minimum absolute atomic E-state index is 0.0761. The van der Waals surface area contributed by atoms with Gasteiger partial charge in [0.05, 0.1) is 13.2 Å². The Hall–Kier alpha value is -0.870. The van der Waals surface area contributed by atoms with Crippen LogP contribution in [0.3, 0.4) is 0 Å². The monoisotopic (exact) mass is 228 g/mol. The second-order valence-electron chi connectivity index (χ2n) is 4.87. The van der Waals surface area contributed by atoms with Crippen LogP contribution in [0.4, 0.5) is 0 Å². The number of carbonyl (C=O) groups is 1. The van der Waals surface area contributed by atoms with Crippen LogP contribution in [-0.2, 0) is 19.0 Å². The molecule has 0 aromatic rings. The van der Waals surface area contributed by atoms with E-state index in [0.717, 1.165) is 5.57 Å². The molecule has 0 aromatic carbocycles. The topological polar surface area (TPSA) is 44.8 Å². The summed E-state index contributed by atoms with van der Waals surface area (Å²) in [6.07, 6.45) is 1.51. The lowest BCUT2D eigenvalue weighted by atomic mass is 9.95. The van der Waals surface area contributed by atoms with Crippen LogP contribution in [0.15, 0.2) is 11.6 Å².